The van der Waals surface area contributed by atoms with Gasteiger partial charge < -0.3 is 18.9 Å². The number of hydrogen-bond acceptors (Lipinski definition) is 6. The Labute approximate surface area is 132 Å². The van der Waals surface area contributed by atoms with Gasteiger partial charge in [-0.3, -0.25) is 0 Å². The van der Waals surface area contributed by atoms with Gasteiger partial charge in [0.15, 0.2) is 0 Å². The maximum absolute atomic E-state index is 6.18. The zero-order chi connectivity index (χ0) is 16.0. The van der Waals surface area contributed by atoms with E-state index in [0.29, 0.717) is 5.88 Å². The van der Waals surface area contributed by atoms with Crippen molar-refractivity contribution in [3.63, 3.8) is 0 Å². The molecule has 0 atom stereocenters. The first-order valence-corrected chi connectivity index (χ1v) is 7.85. The summed E-state index contributed by atoms with van der Waals surface area (Å²) in [5, 5.41) is 0. The van der Waals surface area contributed by atoms with Crippen LogP contribution in [0.4, 0.5) is 5.82 Å². The second-order valence-corrected chi connectivity index (χ2v) is 6.90. The Balaban J connectivity index is 2.02. The van der Waals surface area contributed by atoms with Crippen LogP contribution in [0.15, 0.2) is 6.33 Å². The average molecular weight is 305 g/mol. The normalized spacial score (nSPS) is 23.1. The Morgan fingerprint density at radius 1 is 1.09 bits per heavy atom. The molecule has 0 saturated carbocycles. The number of nitrogens with zero attached hydrogens (tertiary/aromatic N) is 3. The van der Waals surface area contributed by atoms with Gasteiger partial charge in [0, 0.05) is 13.1 Å². The lowest BCUT2D eigenvalue weighted by molar-refractivity contribution is 0.00578. The third kappa shape index (κ3) is 2.46. The van der Waals surface area contributed by atoms with Crippen molar-refractivity contribution in [1.29, 1.82) is 0 Å². The standard InChI is InChI=1S/C15H24BN3O3/c1-14(2)15(3,4)22-16(21-14)11-12(19-8-6-7-9-19)17-10-18-13(11)20-5/h10H,6-9H2,1-5H3. The van der Waals surface area contributed by atoms with Crippen LogP contribution in [0.3, 0.4) is 0 Å². The van der Waals surface area contributed by atoms with Crippen LogP contribution >= 0.6 is 0 Å². The van der Waals surface area contributed by atoms with Crippen molar-refractivity contribution in [2.45, 2.75) is 51.7 Å². The maximum atomic E-state index is 6.18. The number of hydrogen-bond donors (Lipinski definition) is 0. The zero-order valence-electron chi connectivity index (χ0n) is 14.0. The Bertz CT molecular complexity index is 543. The van der Waals surface area contributed by atoms with Crippen molar-refractivity contribution in [3.05, 3.63) is 6.33 Å². The second-order valence-electron chi connectivity index (χ2n) is 6.90. The molecule has 2 saturated heterocycles. The molecule has 0 spiro atoms. The van der Waals surface area contributed by atoms with Crippen LogP contribution in [0.25, 0.3) is 0 Å². The number of ether oxygens (including phenoxy) is 1. The summed E-state index contributed by atoms with van der Waals surface area (Å²) in [6, 6.07) is 0. The lowest BCUT2D eigenvalue weighted by Crippen LogP contribution is -2.41. The summed E-state index contributed by atoms with van der Waals surface area (Å²) in [6.07, 6.45) is 3.89. The van der Waals surface area contributed by atoms with E-state index in [4.69, 9.17) is 14.0 Å². The van der Waals surface area contributed by atoms with Crippen molar-refractivity contribution in [3.8, 4) is 5.88 Å². The average Bonchev–Trinajstić information content (AvgIpc) is 3.05. The highest BCUT2D eigenvalue weighted by molar-refractivity contribution is 6.64. The van der Waals surface area contributed by atoms with E-state index in [1.165, 1.54) is 12.8 Å². The molecule has 2 aliphatic rings. The van der Waals surface area contributed by atoms with Gasteiger partial charge in [-0.2, -0.15) is 0 Å². The highest BCUT2D eigenvalue weighted by Crippen LogP contribution is 2.38. The van der Waals surface area contributed by atoms with Gasteiger partial charge >= 0.3 is 7.12 Å². The molecule has 3 heterocycles. The van der Waals surface area contributed by atoms with Gasteiger partial charge in [-0.05, 0) is 40.5 Å². The molecular weight excluding hydrogens is 281 g/mol. The summed E-state index contributed by atoms with van der Waals surface area (Å²) in [7, 11) is 1.10. The Morgan fingerprint density at radius 2 is 1.68 bits per heavy atom. The molecule has 2 fully saturated rings. The monoisotopic (exact) mass is 305 g/mol. The molecule has 1 aromatic heterocycles. The van der Waals surface area contributed by atoms with E-state index < -0.39 is 18.3 Å². The number of anilines is 1. The maximum Gasteiger partial charge on any atom is 0.504 e. The molecule has 7 heteroatoms. The van der Waals surface area contributed by atoms with Gasteiger partial charge in [-0.15, -0.1) is 0 Å². The molecule has 0 bridgehead atoms. The molecule has 120 valence electrons. The van der Waals surface area contributed by atoms with E-state index in [9.17, 15) is 0 Å². The lowest BCUT2D eigenvalue weighted by atomic mass is 9.79. The Morgan fingerprint density at radius 3 is 2.23 bits per heavy atom. The van der Waals surface area contributed by atoms with Crippen molar-refractivity contribution in [1.82, 2.24) is 9.97 Å². The highest BCUT2D eigenvalue weighted by atomic mass is 16.7. The summed E-state index contributed by atoms with van der Waals surface area (Å²) in [4.78, 5) is 11.0. The minimum absolute atomic E-state index is 0.402. The Hall–Kier alpha value is -1.34. The van der Waals surface area contributed by atoms with E-state index in [-0.39, 0.29) is 0 Å². The van der Waals surface area contributed by atoms with E-state index in [1.807, 2.05) is 27.7 Å². The van der Waals surface area contributed by atoms with Crippen LogP contribution in [0, 0.1) is 0 Å². The topological polar surface area (TPSA) is 56.7 Å². The van der Waals surface area contributed by atoms with Crippen LogP contribution in [0.1, 0.15) is 40.5 Å². The molecule has 0 N–H and O–H groups in total. The quantitative estimate of drug-likeness (QED) is 0.787. The van der Waals surface area contributed by atoms with E-state index >= 15 is 0 Å². The van der Waals surface area contributed by atoms with Crippen LogP contribution < -0.4 is 15.1 Å². The van der Waals surface area contributed by atoms with E-state index in [1.54, 1.807) is 13.4 Å². The fourth-order valence-electron chi connectivity index (χ4n) is 2.88. The molecule has 1 aromatic rings. The summed E-state index contributed by atoms with van der Waals surface area (Å²) in [5.74, 6) is 1.39. The van der Waals surface area contributed by atoms with Crippen LogP contribution in [-0.2, 0) is 9.31 Å². The van der Waals surface area contributed by atoms with Crippen molar-refractivity contribution in [2.75, 3.05) is 25.1 Å². The van der Waals surface area contributed by atoms with Gasteiger partial charge in [-0.25, -0.2) is 9.97 Å². The molecule has 0 amide bonds. The lowest BCUT2D eigenvalue weighted by Gasteiger charge is -2.32. The molecule has 22 heavy (non-hydrogen) atoms. The first-order chi connectivity index (χ1) is 10.4. The summed E-state index contributed by atoms with van der Waals surface area (Å²) in [5.41, 5.74) is -0.00717. The number of rotatable bonds is 3. The van der Waals surface area contributed by atoms with Gasteiger partial charge in [0.25, 0.3) is 0 Å². The third-order valence-corrected chi connectivity index (χ3v) is 4.91. The molecule has 0 aliphatic carbocycles. The molecular formula is C15H24BN3O3. The van der Waals surface area contributed by atoms with Gasteiger partial charge in [0.1, 0.15) is 12.1 Å². The SMILES string of the molecule is COc1ncnc(N2CCCC2)c1B1OC(C)(C)C(C)(C)O1. The molecule has 0 unspecified atom stereocenters. The second kappa shape index (κ2) is 5.39. The minimum Gasteiger partial charge on any atom is -0.481 e. The van der Waals surface area contributed by atoms with Crippen LogP contribution in [0.2, 0.25) is 0 Å². The van der Waals surface area contributed by atoms with Crippen molar-refractivity contribution >= 4 is 18.4 Å². The summed E-state index contributed by atoms with van der Waals surface area (Å²) in [6.45, 7) is 10.1. The van der Waals surface area contributed by atoms with Gasteiger partial charge in [0.2, 0.25) is 5.88 Å². The third-order valence-electron chi connectivity index (χ3n) is 4.91. The molecule has 3 rings (SSSR count). The predicted molar refractivity (Wildman–Crippen MR) is 85.7 cm³/mol. The molecule has 0 radical (unpaired) electrons. The highest BCUT2D eigenvalue weighted by Gasteiger charge is 2.54. The van der Waals surface area contributed by atoms with Crippen LogP contribution in [-0.4, -0.2) is 48.5 Å². The smallest absolute Gasteiger partial charge is 0.481 e. The molecule has 0 aromatic carbocycles. The molecule has 2 aliphatic heterocycles. The van der Waals surface area contributed by atoms with Crippen molar-refractivity contribution < 1.29 is 14.0 Å². The first kappa shape index (κ1) is 15.6. The Kier molecular flexibility index (Phi) is 3.81. The predicted octanol–water partition coefficient (Wildman–Crippen LogP) is 1.38. The number of aromatic nitrogens is 2. The van der Waals surface area contributed by atoms with E-state index in [2.05, 4.69) is 14.9 Å². The summed E-state index contributed by atoms with van der Waals surface area (Å²) < 4.78 is 17.8. The molecule has 6 nitrogen and oxygen atoms in total. The first-order valence-electron chi connectivity index (χ1n) is 7.85. The minimum atomic E-state index is -0.517. The number of methoxy groups -OCH3 is 1. The fourth-order valence-corrected chi connectivity index (χ4v) is 2.88. The van der Waals surface area contributed by atoms with Crippen LogP contribution in [0.5, 0.6) is 5.88 Å². The zero-order valence-corrected chi connectivity index (χ0v) is 14.0. The summed E-state index contributed by atoms with van der Waals surface area (Å²) >= 11 is 0. The largest absolute Gasteiger partial charge is 0.504 e. The van der Waals surface area contributed by atoms with E-state index in [0.717, 1.165) is 24.4 Å². The van der Waals surface area contributed by atoms with Gasteiger partial charge in [0.05, 0.1) is 23.8 Å². The fraction of sp³-hybridized carbons (Fsp3) is 0.733. The van der Waals surface area contributed by atoms with Crippen molar-refractivity contribution in [2.24, 2.45) is 0 Å². The van der Waals surface area contributed by atoms with Gasteiger partial charge in [-0.1, -0.05) is 0 Å².